The Kier molecular flexibility index (Phi) is 5.01. The molecular weight excluding hydrogens is 448 g/mol. The van der Waals surface area contributed by atoms with Crippen LogP contribution in [0.4, 0.5) is 0 Å². The molecular formula is C25H28N6O4. The van der Waals surface area contributed by atoms with E-state index >= 15 is 0 Å². The molecule has 2 saturated carbocycles. The van der Waals surface area contributed by atoms with Crippen molar-refractivity contribution in [1.29, 1.82) is 0 Å². The van der Waals surface area contributed by atoms with Gasteiger partial charge in [-0.2, -0.15) is 0 Å². The van der Waals surface area contributed by atoms with Crippen molar-refractivity contribution < 1.29 is 19.2 Å². The Balaban J connectivity index is 1.16. The zero-order valence-electron chi connectivity index (χ0n) is 19.6. The summed E-state index contributed by atoms with van der Waals surface area (Å²) in [5.41, 5.74) is 2.38. The van der Waals surface area contributed by atoms with Crippen LogP contribution in [0.15, 0.2) is 24.4 Å². The van der Waals surface area contributed by atoms with Crippen LogP contribution in [0.25, 0.3) is 5.69 Å². The van der Waals surface area contributed by atoms with E-state index in [1.165, 1.54) is 41.7 Å². The maximum atomic E-state index is 13.1. The largest absolute Gasteiger partial charge is 0.348 e. The van der Waals surface area contributed by atoms with Gasteiger partial charge in [-0.25, -0.2) is 4.68 Å². The number of nitrogens with zero attached hydrogens (tertiary/aromatic N) is 4. The fraction of sp³-hybridized carbons (Fsp3) is 0.520. The number of hydrogen-bond acceptors (Lipinski definition) is 6. The molecule has 2 aliphatic heterocycles. The van der Waals surface area contributed by atoms with Crippen molar-refractivity contribution in [1.82, 2.24) is 30.5 Å². The molecule has 3 fully saturated rings. The Bertz CT molecular complexity index is 1250. The van der Waals surface area contributed by atoms with Crippen LogP contribution in [-0.2, 0) is 16.1 Å². The normalized spacial score (nSPS) is 28.3. The Labute approximate surface area is 202 Å². The molecule has 0 radical (unpaired) electrons. The van der Waals surface area contributed by atoms with Crippen LogP contribution in [-0.4, -0.2) is 55.6 Å². The number of amides is 4. The Morgan fingerprint density at radius 1 is 1.23 bits per heavy atom. The maximum Gasteiger partial charge on any atom is 0.273 e. The fourth-order valence-electron chi connectivity index (χ4n) is 6.28. The van der Waals surface area contributed by atoms with E-state index in [4.69, 9.17) is 0 Å². The second-order valence-corrected chi connectivity index (χ2v) is 10.4. The average Bonchev–Trinajstić information content (AvgIpc) is 3.24. The molecule has 6 rings (SSSR count). The van der Waals surface area contributed by atoms with Crippen LogP contribution in [0.2, 0.25) is 0 Å². The molecule has 2 N–H and O–H groups in total. The summed E-state index contributed by atoms with van der Waals surface area (Å²) in [5, 5.41) is 13.6. The summed E-state index contributed by atoms with van der Waals surface area (Å²) in [4.78, 5) is 51.2. The second kappa shape index (κ2) is 8.00. The van der Waals surface area contributed by atoms with Crippen molar-refractivity contribution in [2.75, 3.05) is 0 Å². The summed E-state index contributed by atoms with van der Waals surface area (Å²) < 4.78 is 1.49. The average molecular weight is 477 g/mol. The quantitative estimate of drug-likeness (QED) is 0.633. The van der Waals surface area contributed by atoms with E-state index in [1.54, 1.807) is 12.3 Å². The van der Waals surface area contributed by atoms with Crippen LogP contribution < -0.4 is 10.6 Å². The van der Waals surface area contributed by atoms with Gasteiger partial charge in [-0.15, -0.1) is 5.10 Å². The molecule has 10 heteroatoms. The van der Waals surface area contributed by atoms with E-state index in [2.05, 4.69) is 27.9 Å². The molecule has 35 heavy (non-hydrogen) atoms. The van der Waals surface area contributed by atoms with Crippen molar-refractivity contribution in [3.8, 4) is 5.69 Å². The molecule has 2 aromatic rings. The molecule has 2 aliphatic carbocycles. The number of nitrogens with one attached hydrogen (secondary N) is 2. The van der Waals surface area contributed by atoms with E-state index in [0.717, 1.165) is 11.5 Å². The van der Waals surface area contributed by atoms with Gasteiger partial charge in [0, 0.05) is 24.6 Å². The van der Waals surface area contributed by atoms with Crippen molar-refractivity contribution >= 4 is 23.6 Å². The van der Waals surface area contributed by atoms with Gasteiger partial charge >= 0.3 is 0 Å². The highest BCUT2D eigenvalue weighted by atomic mass is 16.2. The third-order valence-electron chi connectivity index (χ3n) is 8.44. The van der Waals surface area contributed by atoms with Gasteiger partial charge in [0.25, 0.3) is 11.8 Å². The number of carbonyl (C=O) groups excluding carboxylic acids is 4. The minimum absolute atomic E-state index is 0.0985. The van der Waals surface area contributed by atoms with Gasteiger partial charge in [-0.1, -0.05) is 24.1 Å². The number of rotatable bonds is 5. The van der Waals surface area contributed by atoms with E-state index in [-0.39, 0.29) is 41.3 Å². The number of aromatic nitrogens is 3. The van der Waals surface area contributed by atoms with E-state index < -0.39 is 11.9 Å². The minimum Gasteiger partial charge on any atom is -0.348 e. The first-order valence-corrected chi connectivity index (χ1v) is 12.4. The van der Waals surface area contributed by atoms with Gasteiger partial charge in [-0.05, 0) is 61.6 Å². The SMILES string of the molecule is CC(NC(=O)c1cn(-c2ccc3c(c2)C(=O)N(C2CCC(=O)NC2=O)C3)nn1)C12CCCCC1C2. The monoisotopic (exact) mass is 476 g/mol. The molecule has 3 heterocycles. The highest BCUT2D eigenvalue weighted by Gasteiger charge is 2.58. The van der Waals surface area contributed by atoms with Crippen LogP contribution in [0.1, 0.15) is 78.3 Å². The number of carbonyl (C=O) groups is 4. The molecule has 0 spiro atoms. The highest BCUT2D eigenvalue weighted by molar-refractivity contribution is 6.05. The summed E-state index contributed by atoms with van der Waals surface area (Å²) in [7, 11) is 0. The number of fused-ring (bicyclic) bond motifs is 2. The lowest BCUT2D eigenvalue weighted by Gasteiger charge is -2.29. The zero-order chi connectivity index (χ0) is 24.3. The molecule has 182 valence electrons. The third kappa shape index (κ3) is 3.62. The number of hydrogen-bond donors (Lipinski definition) is 2. The van der Waals surface area contributed by atoms with Crippen LogP contribution in [0.5, 0.6) is 0 Å². The first-order valence-electron chi connectivity index (χ1n) is 12.4. The Morgan fingerprint density at radius 3 is 2.89 bits per heavy atom. The first kappa shape index (κ1) is 21.9. The van der Waals surface area contributed by atoms with Gasteiger partial charge < -0.3 is 10.2 Å². The van der Waals surface area contributed by atoms with Gasteiger partial charge in [0.15, 0.2) is 5.69 Å². The first-order chi connectivity index (χ1) is 16.9. The third-order valence-corrected chi connectivity index (χ3v) is 8.44. The Morgan fingerprint density at radius 2 is 2.09 bits per heavy atom. The van der Waals surface area contributed by atoms with Crippen molar-refractivity contribution in [2.24, 2.45) is 11.3 Å². The molecule has 4 aliphatic rings. The predicted molar refractivity (Wildman–Crippen MR) is 123 cm³/mol. The molecule has 0 bridgehead atoms. The van der Waals surface area contributed by atoms with Gasteiger partial charge in [0.1, 0.15) is 6.04 Å². The topological polar surface area (TPSA) is 126 Å². The van der Waals surface area contributed by atoms with E-state index in [0.29, 0.717) is 24.2 Å². The Hall–Kier alpha value is -3.56. The lowest BCUT2D eigenvalue weighted by molar-refractivity contribution is -0.136. The smallest absolute Gasteiger partial charge is 0.273 e. The predicted octanol–water partition coefficient (Wildman–Crippen LogP) is 1.73. The maximum absolute atomic E-state index is 13.1. The molecule has 1 saturated heterocycles. The van der Waals surface area contributed by atoms with Crippen LogP contribution in [0, 0.1) is 11.3 Å². The molecule has 4 amide bonds. The van der Waals surface area contributed by atoms with Crippen LogP contribution in [0.3, 0.4) is 0 Å². The molecule has 1 aromatic heterocycles. The highest BCUT2D eigenvalue weighted by Crippen LogP contribution is 2.63. The standard InChI is InChI=1S/C25H28N6O4/c1-14(25-9-3-2-4-16(25)11-25)26-22(33)19-13-31(29-28-19)17-6-5-15-12-30(24(35)18(15)10-17)20-7-8-21(32)27-23(20)34/h5-6,10,13-14,16,20H,2-4,7-9,11-12H2,1H3,(H,26,33)(H,27,32,34). The van der Waals surface area contributed by atoms with Crippen LogP contribution >= 0.6 is 0 Å². The van der Waals surface area contributed by atoms with Crippen molar-refractivity contribution in [2.45, 2.75) is 70.5 Å². The summed E-state index contributed by atoms with van der Waals surface area (Å²) in [6, 6.07) is 4.79. The molecule has 10 nitrogen and oxygen atoms in total. The van der Waals surface area contributed by atoms with Crippen molar-refractivity contribution in [3.63, 3.8) is 0 Å². The van der Waals surface area contributed by atoms with Gasteiger partial charge in [0.05, 0.1) is 11.9 Å². The summed E-state index contributed by atoms with van der Waals surface area (Å²) in [5.74, 6) is -0.516. The lowest BCUT2D eigenvalue weighted by Crippen LogP contribution is -2.52. The molecule has 4 atom stereocenters. The van der Waals surface area contributed by atoms with Crippen molar-refractivity contribution in [3.05, 3.63) is 41.2 Å². The van der Waals surface area contributed by atoms with Gasteiger partial charge in [0.2, 0.25) is 11.8 Å². The number of benzene rings is 1. The summed E-state index contributed by atoms with van der Waals surface area (Å²) >= 11 is 0. The van der Waals surface area contributed by atoms with E-state index in [1.807, 2.05) is 12.1 Å². The fourth-order valence-corrected chi connectivity index (χ4v) is 6.28. The summed E-state index contributed by atoms with van der Waals surface area (Å²) in [6.45, 7) is 2.40. The molecule has 1 aromatic carbocycles. The van der Waals surface area contributed by atoms with E-state index in [9.17, 15) is 19.2 Å². The lowest BCUT2D eigenvalue weighted by atomic mass is 9.83. The second-order valence-electron chi connectivity index (χ2n) is 10.4. The minimum atomic E-state index is -0.658. The molecule has 4 unspecified atom stereocenters. The summed E-state index contributed by atoms with van der Waals surface area (Å²) in [6.07, 6.45) is 8.25. The zero-order valence-corrected chi connectivity index (χ0v) is 19.6. The number of piperidine rings is 1. The van der Waals surface area contributed by atoms with Gasteiger partial charge in [-0.3, -0.25) is 24.5 Å². The number of imide groups is 1.